The highest BCUT2D eigenvalue weighted by molar-refractivity contribution is 7.87. The quantitative estimate of drug-likeness (QED) is 0.0172. The van der Waals surface area contributed by atoms with Crippen LogP contribution in [-0.2, 0) is 119 Å². The molecule has 0 unspecified atom stereocenters. The highest BCUT2D eigenvalue weighted by Gasteiger charge is 2.22. The lowest BCUT2D eigenvalue weighted by atomic mass is 9.94. The zero-order chi connectivity index (χ0) is 109. The zero-order valence-electron chi connectivity index (χ0n) is 80.9. The second-order valence-corrected chi connectivity index (χ2v) is 43.6. The number of phenolic OH excluding ortho intramolecular Hbond substituents is 1. The van der Waals surface area contributed by atoms with Gasteiger partial charge in [0.05, 0.1) is 171 Å². The maximum absolute atomic E-state index is 12.0. The summed E-state index contributed by atoms with van der Waals surface area (Å²) in [5, 5.41) is 9.35. The number of nitrogen functional groups attached to an aromatic ring is 1. The fourth-order valence-corrected chi connectivity index (χ4v) is 14.0. The van der Waals surface area contributed by atoms with Gasteiger partial charge >= 0.3 is 47.8 Å². The number of anilines is 2. The third kappa shape index (κ3) is 52.8. The molecule has 142 heavy (non-hydrogen) atoms. The third-order valence-corrected chi connectivity index (χ3v) is 24.6. The predicted octanol–water partition coefficient (Wildman–Crippen LogP) is 7.71. The van der Waals surface area contributed by atoms with Crippen molar-refractivity contribution in [2.75, 3.05) is 124 Å². The summed E-state index contributed by atoms with van der Waals surface area (Å²) in [7, 11) is -31.1. The smallest absolute Gasteiger partial charge is 0.340 e. The van der Waals surface area contributed by atoms with Crippen LogP contribution >= 0.6 is 0 Å². The maximum Gasteiger partial charge on any atom is 0.340 e. The van der Waals surface area contributed by atoms with Gasteiger partial charge in [-0.05, 0) is 256 Å². The molecule has 0 aromatic heterocycles. The monoisotopic (exact) mass is 2140 g/mol. The molecule has 3 N–H and O–H groups in total. The van der Waals surface area contributed by atoms with Crippen molar-refractivity contribution in [2.45, 2.75) is 118 Å². The van der Waals surface area contributed by atoms with Gasteiger partial charge in [0.15, 0.2) is 0 Å². The summed E-state index contributed by atoms with van der Waals surface area (Å²) < 4.78 is 286. The van der Waals surface area contributed by atoms with E-state index in [1.807, 2.05) is 125 Å². The van der Waals surface area contributed by atoms with Gasteiger partial charge in [-0.2, -0.15) is 0 Å². The Bertz CT molecular complexity index is 6700. The highest BCUT2D eigenvalue weighted by atomic mass is 32.2. The number of ether oxygens (including phenoxy) is 8. The first-order valence-electron chi connectivity index (χ1n) is 41.6. The number of hydrogen-bond acceptors (Lipinski definition) is 43. The van der Waals surface area contributed by atoms with Crippen molar-refractivity contribution in [1.29, 1.82) is 0 Å². The molecule has 8 rings (SSSR count). The number of phenols is 1. The van der Waals surface area contributed by atoms with Crippen LogP contribution < -0.4 is 10.6 Å². The summed E-state index contributed by atoms with van der Waals surface area (Å²) in [6, 6.07) is 33.6. The van der Waals surface area contributed by atoms with Crippen LogP contribution in [0.3, 0.4) is 0 Å². The Morgan fingerprint density at radius 3 is 0.930 bits per heavy atom. The molecule has 0 aliphatic heterocycles. The minimum atomic E-state index is -4.39. The van der Waals surface area contributed by atoms with Crippen LogP contribution in [0.4, 0.5) is 11.4 Å². The predicted molar refractivity (Wildman–Crippen MR) is 511 cm³/mol. The van der Waals surface area contributed by atoms with Gasteiger partial charge < -0.3 is 90.1 Å². The van der Waals surface area contributed by atoms with Gasteiger partial charge in [-0.25, -0.2) is 106 Å². The van der Waals surface area contributed by atoms with E-state index in [9.17, 15) is 147 Å². The summed E-state index contributed by atoms with van der Waals surface area (Å²) >= 11 is 0. The van der Waals surface area contributed by atoms with Crippen LogP contribution in [0, 0.1) is 118 Å². The summed E-state index contributed by atoms with van der Waals surface area (Å²) in [6.07, 6.45) is 0. The molecule has 8 aromatic rings. The zero-order valence-corrected chi connectivity index (χ0v) is 87.5. The first kappa shape index (κ1) is 128. The largest absolute Gasteiger partial charge is 0.748 e. The van der Waals surface area contributed by atoms with E-state index in [0.717, 1.165) is 94.7 Å². The van der Waals surface area contributed by atoms with Crippen molar-refractivity contribution in [3.63, 3.8) is 0 Å². The van der Waals surface area contributed by atoms with E-state index < -0.39 is 228 Å². The van der Waals surface area contributed by atoms with Gasteiger partial charge in [-0.3, -0.25) is 0 Å². The summed E-state index contributed by atoms with van der Waals surface area (Å²) in [4.78, 5) is 95.0. The average Bonchev–Trinajstić information content (AvgIpc) is 0.800. The lowest BCUT2D eigenvalue weighted by Crippen LogP contribution is -2.17. The molecule has 0 radical (unpaired) electrons. The molecule has 0 heterocycles. The van der Waals surface area contributed by atoms with E-state index in [0.29, 0.717) is 38.9 Å². The van der Waals surface area contributed by atoms with E-state index in [4.69, 9.17) is 34.2 Å². The lowest BCUT2D eigenvalue weighted by Gasteiger charge is -2.16. The molecule has 0 fully saturated rings. The van der Waals surface area contributed by atoms with Crippen LogP contribution in [-0.4, -0.2) is 270 Å². The van der Waals surface area contributed by atoms with Gasteiger partial charge in [0.2, 0.25) is 0 Å². The molecule has 0 atom stereocenters. The normalized spacial score (nSPS) is 11.3. The number of nitrogens with two attached hydrogens (primary N) is 1. The minimum absolute atomic E-state index is 0.0594. The Hall–Kier alpha value is -11.8. The number of carbonyl (C=O) groups excluding carboxylic acids is 8. The fraction of sp³-hybridized carbons (Fsp3) is 0.385. The van der Waals surface area contributed by atoms with Crippen LogP contribution in [0.1, 0.15) is 177 Å². The van der Waals surface area contributed by atoms with E-state index in [2.05, 4.69) is 9.47 Å². The number of aryl methyl sites for hydroxylation is 13. The molecule has 0 saturated heterocycles. The van der Waals surface area contributed by atoms with E-state index >= 15 is 0 Å². The second-order valence-electron chi connectivity index (χ2n) is 31.4. The maximum atomic E-state index is 12.0. The Balaban J connectivity index is 0.000000812. The van der Waals surface area contributed by atoms with Crippen molar-refractivity contribution in [3.05, 3.63) is 260 Å². The topological polar surface area (TPSA) is 717 Å². The number of rotatable bonds is 33. The van der Waals surface area contributed by atoms with Crippen LogP contribution in [0.15, 0.2) is 121 Å². The lowest BCUT2D eigenvalue weighted by molar-refractivity contribution is 0.0516. The summed E-state index contributed by atoms with van der Waals surface area (Å²) in [5.74, 6) is -11.0. The summed E-state index contributed by atoms with van der Waals surface area (Å²) in [6.45, 7) is 27.5. The van der Waals surface area contributed by atoms with E-state index in [1.54, 1.807) is 109 Å². The van der Waals surface area contributed by atoms with Crippen molar-refractivity contribution < 1.29 is 185 Å². The molecule has 51 heteroatoms. The van der Waals surface area contributed by atoms with Gasteiger partial charge in [-0.1, -0.05) is 77.4 Å². The first-order valence-corrected chi connectivity index (χ1v) is 54.2. The number of nitrogens with zero attached hydrogens (tertiary/aromatic N) is 1. The number of benzene rings is 8. The molecule has 0 amide bonds. The molecule has 0 bridgehead atoms. The molecular formula is C91H112N2O41S8-8. The molecule has 8 aromatic carbocycles. The minimum Gasteiger partial charge on any atom is -0.748 e. The van der Waals surface area contributed by atoms with Crippen molar-refractivity contribution >= 4 is 140 Å². The SMILES string of the molecule is Cc1cc(C(=O)OCCS(=O)(=O)[O-])ccc1N(C)C.Cc1cc(C)c(C(=O)OCCS(=O)(=O)[O-])c(C)c1.Cc1cc(C)c(C)c(C(=O)OCCS(=O)(=O)[O-])c1.Cc1cc(C)c(C)c(C(=O)OCCS(=O)(=O)[O-])c1C.Cc1ccc(C(=O)OCCS(=O)(=O)[O-])c(C)c1.Cc1ccc(C(=O)OCCS(=O)(=O)[O-])cc1O.Cc1ccc(N)c(C(=O)OCCS(=O)(=O)[O-])c1.Cc1cccc(C(=O)OCCS(=O)(=O)[O-])c1C. The van der Waals surface area contributed by atoms with Crippen molar-refractivity contribution in [3.8, 4) is 5.75 Å². The Morgan fingerprint density at radius 2 is 0.556 bits per heavy atom. The van der Waals surface area contributed by atoms with E-state index in [-0.39, 0.29) is 22.6 Å². The van der Waals surface area contributed by atoms with Gasteiger partial charge in [0.25, 0.3) is 0 Å². The fourth-order valence-electron chi connectivity index (χ4n) is 11.7. The van der Waals surface area contributed by atoms with Gasteiger partial charge in [0, 0.05) is 25.5 Å². The molecule has 0 aliphatic rings. The van der Waals surface area contributed by atoms with Gasteiger partial charge in [-0.15, -0.1) is 0 Å². The van der Waals surface area contributed by atoms with Crippen LogP contribution in [0.25, 0.3) is 0 Å². The average molecular weight is 2150 g/mol. The van der Waals surface area contributed by atoms with Gasteiger partial charge in [0.1, 0.15) is 58.6 Å². The molecule has 0 spiro atoms. The Morgan fingerprint density at radius 1 is 0.261 bits per heavy atom. The molecule has 0 saturated carbocycles. The third-order valence-electron chi connectivity index (χ3n) is 19.2. The van der Waals surface area contributed by atoms with Crippen molar-refractivity contribution in [1.82, 2.24) is 0 Å². The Labute approximate surface area is 827 Å². The highest BCUT2D eigenvalue weighted by Crippen LogP contribution is 2.26. The molecule has 788 valence electrons. The molecule has 0 aliphatic carbocycles. The van der Waals surface area contributed by atoms with Crippen LogP contribution in [0.5, 0.6) is 5.75 Å². The molecule has 43 nitrogen and oxygen atoms in total. The number of esters is 8. The number of hydrogen-bond donors (Lipinski definition) is 2. The van der Waals surface area contributed by atoms with Crippen LogP contribution in [0.2, 0.25) is 0 Å². The number of carbonyl (C=O) groups is 8. The summed E-state index contributed by atoms with van der Waals surface area (Å²) in [5.41, 5.74) is 23.9. The standard InChI is InChI=1S/C13H18O5S.C12H17NO5S.2C12H16O5S.2C11H14O5S.C10H13NO5S.C10H12O6S/c1-8-7-9(2)11(4)12(10(8)3)13(14)18-5-6-19(15,16)17;1-9-8-10(4-5-11(9)13(2)3)12(14)18-6-7-19(15,16)17;1-8-6-9(2)10(3)11(7-8)12(13)17-4-5-18(14,15)16;1-8-6-9(2)11(10(3)7-8)12(13)17-4-5-18(14,15)16;1-8-3-4-10(9(2)7-8)11(12)16-5-6-17(13,14)15;1-8-4-3-5-10(9(8)2)11(12)16-6-7-17(13,14)15;1-7-2-3-9(11)8(6-7)10(12)16-4-5-17(13,14)15;1-7-2-3-8(6-9(7)11)10(12)16-4-5-17(13,14)15/h7H,5-6H2,1-4H3,(H,15,16,17);4-5,8H,6-7H2,1-3H3,(H,15,16,17);2*6-7H,4-5H2,1-3H3,(H,14,15,16);3-4,7H,5-6H2,1-2H3,(H,13,14,15);3-5H,6-7H2,1-2H3,(H,13,14,15);2-3,6H,4-5,11H2,1H3,(H,13,14,15);2-3,6,11H,4-5H2,1H3,(H,13,14,15)/p-8. The Kier molecular flexibility index (Phi) is 52.4. The van der Waals surface area contributed by atoms with E-state index in [1.165, 1.54) is 24.3 Å². The second kappa shape index (κ2) is 58.1. The van der Waals surface area contributed by atoms with Crippen molar-refractivity contribution in [2.24, 2.45) is 0 Å². The number of aromatic hydroxyl groups is 1. The molecular weight excluding hydrogens is 2030 g/mol. The first-order chi connectivity index (χ1) is 64.9.